The van der Waals surface area contributed by atoms with Crippen molar-refractivity contribution < 1.29 is 18.7 Å². The first kappa shape index (κ1) is 24.4. The first-order valence-corrected chi connectivity index (χ1v) is 11.2. The predicted molar refractivity (Wildman–Crippen MR) is 134 cm³/mol. The van der Waals surface area contributed by atoms with E-state index in [0.717, 1.165) is 27.7 Å². The van der Waals surface area contributed by atoms with Gasteiger partial charge < -0.3 is 14.6 Å². The maximum absolute atomic E-state index is 13.3. The molecule has 4 rings (SSSR count). The number of pyridine rings is 1. The zero-order valence-electron chi connectivity index (χ0n) is 19.8. The van der Waals surface area contributed by atoms with E-state index in [9.17, 15) is 19.2 Å². The lowest BCUT2D eigenvalue weighted by Crippen LogP contribution is -2.22. The fourth-order valence-corrected chi connectivity index (χ4v) is 3.78. The van der Waals surface area contributed by atoms with Crippen LogP contribution >= 0.6 is 0 Å². The molecular weight excluding hydrogens is 459 g/mol. The summed E-state index contributed by atoms with van der Waals surface area (Å²) in [4.78, 5) is 29.2. The Balaban J connectivity index is 1.42. The highest BCUT2D eigenvalue weighted by atomic mass is 19.1. The summed E-state index contributed by atoms with van der Waals surface area (Å²) in [7, 11) is 0. The number of carbonyl (C=O) groups excluding carboxylic acids is 2. The maximum atomic E-state index is 13.3. The van der Waals surface area contributed by atoms with Crippen LogP contribution in [0.1, 0.15) is 28.1 Å². The van der Waals surface area contributed by atoms with Crippen LogP contribution in [-0.2, 0) is 20.9 Å². The number of ether oxygens (including phenoxy) is 1. The van der Waals surface area contributed by atoms with Crippen molar-refractivity contribution in [3.63, 3.8) is 0 Å². The first-order valence-electron chi connectivity index (χ1n) is 11.2. The fraction of sp³-hybridized carbons (Fsp3) is 0.143. The molecule has 0 spiro atoms. The highest BCUT2D eigenvalue weighted by Crippen LogP contribution is 2.27. The average molecular weight is 483 g/mol. The molecule has 0 bridgehead atoms. The number of hydrogen-bond donors (Lipinski definition) is 1. The summed E-state index contributed by atoms with van der Waals surface area (Å²) in [5.41, 5.74) is 4.00. The number of halogens is 1. The van der Waals surface area contributed by atoms with Crippen LogP contribution in [-0.4, -0.2) is 28.0 Å². The number of hydrogen-bond acceptors (Lipinski definition) is 5. The van der Waals surface area contributed by atoms with E-state index in [4.69, 9.17) is 4.74 Å². The van der Waals surface area contributed by atoms with Crippen molar-refractivity contribution in [2.75, 3.05) is 11.9 Å². The minimum atomic E-state index is -0.699. The van der Waals surface area contributed by atoms with Crippen molar-refractivity contribution in [3.05, 3.63) is 101 Å². The number of nitrogens with one attached hydrogen (secondary N) is 1. The van der Waals surface area contributed by atoms with Gasteiger partial charge in [-0.1, -0.05) is 36.4 Å². The minimum absolute atomic E-state index is 0.300. The van der Waals surface area contributed by atoms with E-state index >= 15 is 0 Å². The molecule has 0 atom stereocenters. The van der Waals surface area contributed by atoms with Gasteiger partial charge in [0.25, 0.3) is 5.91 Å². The average Bonchev–Trinajstić information content (AvgIpc) is 3.10. The number of amides is 1. The van der Waals surface area contributed by atoms with Gasteiger partial charge in [0, 0.05) is 23.7 Å². The molecule has 1 N–H and O–H groups in total. The summed E-state index contributed by atoms with van der Waals surface area (Å²) < 4.78 is 20.1. The number of anilines is 1. The lowest BCUT2D eigenvalue weighted by Gasteiger charge is -2.13. The van der Waals surface area contributed by atoms with E-state index in [1.807, 2.05) is 37.3 Å². The van der Waals surface area contributed by atoms with Gasteiger partial charge in [-0.05, 0) is 55.3 Å². The van der Waals surface area contributed by atoms with E-state index in [-0.39, 0.29) is 5.82 Å². The SMILES string of the molecule is Cc1c(C#N)c(NC(=O)COC(=O)/C=C/c2ccc3ccccc3n2)n(Cc2ccc(F)cc2)c1C. The quantitative estimate of drug-likeness (QED) is 0.298. The second-order valence-corrected chi connectivity index (χ2v) is 8.18. The van der Waals surface area contributed by atoms with Crippen LogP contribution < -0.4 is 5.32 Å². The number of nitrogens with zero attached hydrogens (tertiary/aromatic N) is 3. The molecular formula is C28H23FN4O3. The van der Waals surface area contributed by atoms with Gasteiger partial charge >= 0.3 is 5.97 Å². The van der Waals surface area contributed by atoms with Gasteiger partial charge in [-0.3, -0.25) is 4.79 Å². The van der Waals surface area contributed by atoms with Crippen LogP contribution in [0.5, 0.6) is 0 Å². The van der Waals surface area contributed by atoms with Gasteiger partial charge in [-0.15, -0.1) is 0 Å². The molecule has 2 heterocycles. The van der Waals surface area contributed by atoms with Crippen LogP contribution in [0, 0.1) is 31.0 Å². The van der Waals surface area contributed by atoms with Crippen molar-refractivity contribution in [2.45, 2.75) is 20.4 Å². The van der Waals surface area contributed by atoms with E-state index < -0.39 is 18.5 Å². The molecule has 0 aliphatic carbocycles. The Labute approximate surface area is 207 Å². The summed E-state index contributed by atoms with van der Waals surface area (Å²) in [5, 5.41) is 13.3. The van der Waals surface area contributed by atoms with Gasteiger partial charge in [0.15, 0.2) is 6.61 Å². The molecule has 0 fully saturated rings. The molecule has 0 aliphatic heterocycles. The predicted octanol–water partition coefficient (Wildman–Crippen LogP) is 4.91. The molecule has 1 amide bonds. The molecule has 36 heavy (non-hydrogen) atoms. The molecule has 0 saturated heterocycles. The van der Waals surface area contributed by atoms with Crippen LogP contribution in [0.3, 0.4) is 0 Å². The Hall–Kier alpha value is -4.77. The fourth-order valence-electron chi connectivity index (χ4n) is 3.78. The Kier molecular flexibility index (Phi) is 7.21. The maximum Gasteiger partial charge on any atom is 0.331 e. The minimum Gasteiger partial charge on any atom is -0.452 e. The van der Waals surface area contributed by atoms with E-state index in [1.165, 1.54) is 24.3 Å². The summed E-state index contributed by atoms with van der Waals surface area (Å²) in [5.74, 6) is -1.34. The third-order valence-corrected chi connectivity index (χ3v) is 5.81. The lowest BCUT2D eigenvalue weighted by molar-refractivity contribution is -0.142. The number of benzene rings is 2. The number of nitriles is 1. The smallest absolute Gasteiger partial charge is 0.331 e. The number of para-hydroxylation sites is 1. The zero-order chi connectivity index (χ0) is 25.7. The summed E-state index contributed by atoms with van der Waals surface area (Å²) in [6.45, 7) is 3.42. The van der Waals surface area contributed by atoms with Crippen LogP contribution in [0.15, 0.2) is 66.7 Å². The summed E-state index contributed by atoms with van der Waals surface area (Å²) in [6, 6.07) is 19.4. The molecule has 7 nitrogen and oxygen atoms in total. The summed E-state index contributed by atoms with van der Waals surface area (Å²) in [6.07, 6.45) is 2.72. The summed E-state index contributed by atoms with van der Waals surface area (Å²) >= 11 is 0. The highest BCUT2D eigenvalue weighted by molar-refractivity contribution is 5.95. The van der Waals surface area contributed by atoms with Crippen molar-refractivity contribution in [3.8, 4) is 6.07 Å². The van der Waals surface area contributed by atoms with Crippen molar-refractivity contribution in [2.24, 2.45) is 0 Å². The molecule has 4 aromatic rings. The number of fused-ring (bicyclic) bond motifs is 1. The van der Waals surface area contributed by atoms with Gasteiger partial charge in [0.05, 0.1) is 16.8 Å². The van der Waals surface area contributed by atoms with Gasteiger partial charge in [0.1, 0.15) is 17.7 Å². The number of rotatable bonds is 7. The Morgan fingerprint density at radius 2 is 1.86 bits per heavy atom. The third-order valence-electron chi connectivity index (χ3n) is 5.81. The Bertz CT molecular complexity index is 1510. The normalized spacial score (nSPS) is 10.9. The van der Waals surface area contributed by atoms with E-state index in [2.05, 4.69) is 16.4 Å². The van der Waals surface area contributed by atoms with Crippen molar-refractivity contribution >= 4 is 34.7 Å². The van der Waals surface area contributed by atoms with Crippen molar-refractivity contribution in [1.82, 2.24) is 9.55 Å². The molecule has 0 aliphatic rings. The van der Waals surface area contributed by atoms with Crippen LogP contribution in [0.25, 0.3) is 17.0 Å². The molecule has 8 heteroatoms. The first-order chi connectivity index (χ1) is 17.4. The number of aromatic nitrogens is 2. The topological polar surface area (TPSA) is 97.0 Å². The lowest BCUT2D eigenvalue weighted by atomic mass is 10.2. The highest BCUT2D eigenvalue weighted by Gasteiger charge is 2.20. The number of esters is 1. The molecule has 180 valence electrons. The zero-order valence-corrected chi connectivity index (χ0v) is 19.8. The Morgan fingerprint density at radius 1 is 1.11 bits per heavy atom. The molecule has 0 radical (unpaired) electrons. The largest absolute Gasteiger partial charge is 0.452 e. The molecule has 2 aromatic carbocycles. The van der Waals surface area contributed by atoms with Gasteiger partial charge in [-0.25, -0.2) is 14.2 Å². The van der Waals surface area contributed by atoms with Crippen LogP contribution in [0.2, 0.25) is 0 Å². The van der Waals surface area contributed by atoms with E-state index in [1.54, 1.807) is 29.7 Å². The second-order valence-electron chi connectivity index (χ2n) is 8.18. The second kappa shape index (κ2) is 10.7. The molecule has 0 saturated carbocycles. The number of carbonyl (C=O) groups is 2. The van der Waals surface area contributed by atoms with E-state index in [0.29, 0.717) is 23.6 Å². The van der Waals surface area contributed by atoms with Gasteiger partial charge in [-0.2, -0.15) is 5.26 Å². The van der Waals surface area contributed by atoms with Crippen LogP contribution in [0.4, 0.5) is 10.2 Å². The van der Waals surface area contributed by atoms with Crippen molar-refractivity contribution in [1.29, 1.82) is 5.26 Å². The monoisotopic (exact) mass is 482 g/mol. The Morgan fingerprint density at radius 3 is 2.61 bits per heavy atom. The molecule has 2 aromatic heterocycles. The van der Waals surface area contributed by atoms with Gasteiger partial charge in [0.2, 0.25) is 0 Å². The standard InChI is InChI=1S/C28H23FN4O3/c1-18-19(2)33(16-20-7-10-22(29)11-8-20)28(24(18)15-30)32-26(34)17-36-27(35)14-13-23-12-9-21-5-3-4-6-25(21)31-23/h3-14H,16-17H2,1-2H3,(H,32,34)/b14-13+. The molecule has 0 unspecified atom stereocenters. The third kappa shape index (κ3) is 5.47.